The SMILES string of the molecule is CCOCCN(CC)c1cnccc1CN. The third-order valence-corrected chi connectivity index (χ3v) is 2.54. The lowest BCUT2D eigenvalue weighted by molar-refractivity contribution is 0.154. The van der Waals surface area contributed by atoms with Gasteiger partial charge in [0.15, 0.2) is 0 Å². The van der Waals surface area contributed by atoms with E-state index in [-0.39, 0.29) is 0 Å². The number of nitrogens with zero attached hydrogens (tertiary/aromatic N) is 2. The summed E-state index contributed by atoms with van der Waals surface area (Å²) in [5, 5.41) is 0. The summed E-state index contributed by atoms with van der Waals surface area (Å²) in [6, 6.07) is 1.97. The fraction of sp³-hybridized carbons (Fsp3) is 0.583. The van der Waals surface area contributed by atoms with Crippen LogP contribution < -0.4 is 10.6 Å². The molecule has 0 aliphatic heterocycles. The fourth-order valence-corrected chi connectivity index (χ4v) is 1.64. The van der Waals surface area contributed by atoms with Crippen molar-refractivity contribution < 1.29 is 4.74 Å². The van der Waals surface area contributed by atoms with E-state index < -0.39 is 0 Å². The molecule has 1 aromatic rings. The lowest BCUT2D eigenvalue weighted by Crippen LogP contribution is -2.28. The Kier molecular flexibility index (Phi) is 5.82. The quantitative estimate of drug-likeness (QED) is 0.710. The second-order valence-electron chi connectivity index (χ2n) is 3.49. The summed E-state index contributed by atoms with van der Waals surface area (Å²) < 4.78 is 5.37. The van der Waals surface area contributed by atoms with Gasteiger partial charge in [-0.15, -0.1) is 0 Å². The molecule has 0 radical (unpaired) electrons. The van der Waals surface area contributed by atoms with E-state index in [1.807, 2.05) is 19.2 Å². The molecule has 1 rings (SSSR count). The summed E-state index contributed by atoms with van der Waals surface area (Å²) in [6.45, 7) is 7.99. The molecule has 0 aliphatic carbocycles. The Morgan fingerprint density at radius 3 is 2.88 bits per heavy atom. The highest BCUT2D eigenvalue weighted by Crippen LogP contribution is 2.17. The molecule has 0 unspecified atom stereocenters. The minimum absolute atomic E-state index is 0.545. The summed E-state index contributed by atoms with van der Waals surface area (Å²) >= 11 is 0. The molecule has 1 heterocycles. The van der Waals surface area contributed by atoms with Gasteiger partial charge in [0.25, 0.3) is 0 Å². The zero-order chi connectivity index (χ0) is 11.8. The van der Waals surface area contributed by atoms with Crippen LogP contribution in [0, 0.1) is 0 Å². The van der Waals surface area contributed by atoms with Gasteiger partial charge in [0.05, 0.1) is 18.5 Å². The average Bonchev–Trinajstić information content (AvgIpc) is 2.35. The van der Waals surface area contributed by atoms with Crippen LogP contribution in [0.5, 0.6) is 0 Å². The van der Waals surface area contributed by atoms with Crippen molar-refractivity contribution in [2.24, 2.45) is 5.73 Å². The molecule has 90 valence electrons. The number of rotatable bonds is 7. The normalized spacial score (nSPS) is 10.4. The number of pyridine rings is 1. The molecule has 0 aromatic carbocycles. The van der Waals surface area contributed by atoms with Crippen LogP contribution in [-0.4, -0.2) is 31.3 Å². The van der Waals surface area contributed by atoms with Crippen LogP contribution in [0.2, 0.25) is 0 Å². The topological polar surface area (TPSA) is 51.4 Å². The van der Waals surface area contributed by atoms with Crippen LogP contribution >= 0.6 is 0 Å². The summed E-state index contributed by atoms with van der Waals surface area (Å²) in [5.41, 5.74) is 7.96. The number of hydrogen-bond acceptors (Lipinski definition) is 4. The van der Waals surface area contributed by atoms with Crippen molar-refractivity contribution in [3.63, 3.8) is 0 Å². The molecular formula is C12H21N3O. The van der Waals surface area contributed by atoms with Crippen molar-refractivity contribution in [2.45, 2.75) is 20.4 Å². The van der Waals surface area contributed by atoms with E-state index in [9.17, 15) is 0 Å². The first-order valence-corrected chi connectivity index (χ1v) is 5.79. The average molecular weight is 223 g/mol. The molecule has 0 aliphatic rings. The Balaban J connectivity index is 2.69. The summed E-state index contributed by atoms with van der Waals surface area (Å²) in [6.07, 6.45) is 3.65. The first-order chi connectivity index (χ1) is 7.83. The number of likely N-dealkylation sites (N-methyl/N-ethyl adjacent to an activating group) is 1. The molecule has 0 amide bonds. The van der Waals surface area contributed by atoms with Gasteiger partial charge in [-0.3, -0.25) is 4.98 Å². The molecule has 4 nitrogen and oxygen atoms in total. The predicted molar refractivity (Wildman–Crippen MR) is 66.5 cm³/mol. The Hall–Kier alpha value is -1.13. The van der Waals surface area contributed by atoms with Gasteiger partial charge in [-0.25, -0.2) is 0 Å². The van der Waals surface area contributed by atoms with Crippen molar-refractivity contribution >= 4 is 5.69 Å². The molecule has 0 spiro atoms. The zero-order valence-electron chi connectivity index (χ0n) is 10.1. The van der Waals surface area contributed by atoms with Gasteiger partial charge in [0.1, 0.15) is 0 Å². The third kappa shape index (κ3) is 3.47. The number of ether oxygens (including phenoxy) is 1. The number of anilines is 1. The van der Waals surface area contributed by atoms with E-state index in [0.717, 1.165) is 37.6 Å². The molecule has 0 fully saturated rings. The molecule has 0 atom stereocenters. The number of aromatic nitrogens is 1. The van der Waals surface area contributed by atoms with Gasteiger partial charge in [0.2, 0.25) is 0 Å². The van der Waals surface area contributed by atoms with Crippen molar-refractivity contribution in [3.05, 3.63) is 24.0 Å². The smallest absolute Gasteiger partial charge is 0.0641 e. The van der Waals surface area contributed by atoms with Crippen LogP contribution in [-0.2, 0) is 11.3 Å². The Bertz CT molecular complexity index is 304. The second kappa shape index (κ2) is 7.19. The highest BCUT2D eigenvalue weighted by molar-refractivity contribution is 5.51. The lowest BCUT2D eigenvalue weighted by Gasteiger charge is -2.24. The Morgan fingerprint density at radius 1 is 1.44 bits per heavy atom. The Labute approximate surface area is 97.4 Å². The monoisotopic (exact) mass is 223 g/mol. The maximum atomic E-state index is 5.71. The Morgan fingerprint density at radius 2 is 2.25 bits per heavy atom. The van der Waals surface area contributed by atoms with Crippen LogP contribution in [0.4, 0.5) is 5.69 Å². The summed E-state index contributed by atoms with van der Waals surface area (Å²) in [5.74, 6) is 0. The van der Waals surface area contributed by atoms with Crippen LogP contribution in [0.15, 0.2) is 18.5 Å². The molecular weight excluding hydrogens is 202 g/mol. The van der Waals surface area contributed by atoms with E-state index in [1.54, 1.807) is 6.20 Å². The van der Waals surface area contributed by atoms with Crippen LogP contribution in [0.1, 0.15) is 19.4 Å². The highest BCUT2D eigenvalue weighted by atomic mass is 16.5. The molecule has 1 aromatic heterocycles. The minimum Gasteiger partial charge on any atom is -0.380 e. The van der Waals surface area contributed by atoms with Gasteiger partial charge < -0.3 is 15.4 Å². The minimum atomic E-state index is 0.545. The molecule has 0 bridgehead atoms. The standard InChI is InChI=1S/C12H21N3O/c1-3-15(7-8-16-4-2)12-10-14-6-5-11(12)9-13/h5-6,10H,3-4,7-9,13H2,1-2H3. The van der Waals surface area contributed by atoms with Crippen molar-refractivity contribution in [1.82, 2.24) is 4.98 Å². The van der Waals surface area contributed by atoms with Crippen LogP contribution in [0.3, 0.4) is 0 Å². The molecule has 2 N–H and O–H groups in total. The number of hydrogen-bond donors (Lipinski definition) is 1. The van der Waals surface area contributed by atoms with Crippen LogP contribution in [0.25, 0.3) is 0 Å². The maximum Gasteiger partial charge on any atom is 0.0641 e. The predicted octanol–water partition coefficient (Wildman–Crippen LogP) is 1.40. The van der Waals surface area contributed by atoms with E-state index in [4.69, 9.17) is 10.5 Å². The van der Waals surface area contributed by atoms with E-state index in [0.29, 0.717) is 6.54 Å². The van der Waals surface area contributed by atoms with Crippen molar-refractivity contribution in [3.8, 4) is 0 Å². The molecule has 0 saturated heterocycles. The summed E-state index contributed by atoms with van der Waals surface area (Å²) in [4.78, 5) is 6.39. The van der Waals surface area contributed by atoms with Gasteiger partial charge >= 0.3 is 0 Å². The van der Waals surface area contributed by atoms with E-state index in [2.05, 4.69) is 16.8 Å². The van der Waals surface area contributed by atoms with E-state index >= 15 is 0 Å². The van der Waals surface area contributed by atoms with Gasteiger partial charge in [-0.2, -0.15) is 0 Å². The van der Waals surface area contributed by atoms with Gasteiger partial charge in [-0.1, -0.05) is 0 Å². The van der Waals surface area contributed by atoms with Crippen molar-refractivity contribution in [1.29, 1.82) is 0 Å². The third-order valence-electron chi connectivity index (χ3n) is 2.54. The van der Waals surface area contributed by atoms with E-state index in [1.165, 1.54) is 0 Å². The first-order valence-electron chi connectivity index (χ1n) is 5.79. The first kappa shape index (κ1) is 12.9. The number of nitrogens with two attached hydrogens (primary N) is 1. The molecule has 4 heteroatoms. The van der Waals surface area contributed by atoms with Gasteiger partial charge in [0, 0.05) is 32.4 Å². The maximum absolute atomic E-state index is 5.71. The largest absolute Gasteiger partial charge is 0.380 e. The molecule has 16 heavy (non-hydrogen) atoms. The highest BCUT2D eigenvalue weighted by Gasteiger charge is 2.08. The zero-order valence-corrected chi connectivity index (χ0v) is 10.1. The summed E-state index contributed by atoms with van der Waals surface area (Å²) in [7, 11) is 0. The molecule has 0 saturated carbocycles. The second-order valence-corrected chi connectivity index (χ2v) is 3.49. The van der Waals surface area contributed by atoms with Crippen molar-refractivity contribution in [2.75, 3.05) is 31.2 Å². The van der Waals surface area contributed by atoms with Gasteiger partial charge in [-0.05, 0) is 25.5 Å². The fourth-order valence-electron chi connectivity index (χ4n) is 1.64. The lowest BCUT2D eigenvalue weighted by atomic mass is 10.2.